The Balaban J connectivity index is 1.61. The van der Waals surface area contributed by atoms with Crippen LogP contribution < -0.4 is 4.74 Å². The first kappa shape index (κ1) is 21.1. The monoisotopic (exact) mass is 404 g/mol. The lowest BCUT2D eigenvalue weighted by molar-refractivity contribution is -0.149. The number of rotatable bonds is 9. The van der Waals surface area contributed by atoms with Crippen molar-refractivity contribution in [2.75, 3.05) is 0 Å². The largest absolute Gasteiger partial charge is 0.488 e. The molecule has 0 aromatic heterocycles. The fraction of sp³-hybridized carbons (Fsp3) is 0.200. The van der Waals surface area contributed by atoms with E-state index in [1.165, 1.54) is 0 Å². The second-order valence-electron chi connectivity index (χ2n) is 7.11. The highest BCUT2D eigenvalue weighted by Gasteiger charge is 2.18. The summed E-state index contributed by atoms with van der Waals surface area (Å²) in [5.41, 5.74) is 2.69. The maximum Gasteiger partial charge on any atom is 0.339 e. The molecule has 0 radical (unpaired) electrons. The van der Waals surface area contributed by atoms with Crippen LogP contribution in [0.15, 0.2) is 78.9 Å². The molecule has 1 unspecified atom stereocenters. The first-order chi connectivity index (χ1) is 14.5. The van der Waals surface area contributed by atoms with E-state index in [4.69, 9.17) is 9.47 Å². The zero-order valence-corrected chi connectivity index (χ0v) is 16.8. The Labute approximate surface area is 175 Å². The lowest BCUT2D eigenvalue weighted by Crippen LogP contribution is -2.17. The van der Waals surface area contributed by atoms with Crippen LogP contribution in [0.1, 0.15) is 34.0 Å². The highest BCUT2D eigenvalue weighted by Crippen LogP contribution is 2.23. The van der Waals surface area contributed by atoms with Crippen LogP contribution in [0.3, 0.4) is 0 Å². The average molecular weight is 404 g/mol. The number of ether oxygens (including phenoxy) is 2. The van der Waals surface area contributed by atoms with Crippen LogP contribution in [0.4, 0.5) is 0 Å². The highest BCUT2D eigenvalue weighted by molar-refractivity contribution is 5.91. The van der Waals surface area contributed by atoms with Gasteiger partial charge in [0.2, 0.25) is 0 Å². The number of esters is 1. The van der Waals surface area contributed by atoms with E-state index in [2.05, 4.69) is 0 Å². The number of aromatic carboxylic acids is 1. The van der Waals surface area contributed by atoms with Crippen LogP contribution in [-0.2, 0) is 29.2 Å². The summed E-state index contributed by atoms with van der Waals surface area (Å²) in [6, 6.07) is 24.0. The molecule has 3 aromatic rings. The topological polar surface area (TPSA) is 72.8 Å². The van der Waals surface area contributed by atoms with Gasteiger partial charge in [0.25, 0.3) is 0 Å². The Hall–Kier alpha value is -3.60. The molecule has 1 N–H and O–H groups in total. The Kier molecular flexibility index (Phi) is 7.22. The highest BCUT2D eigenvalue weighted by atomic mass is 16.5. The van der Waals surface area contributed by atoms with Crippen LogP contribution >= 0.6 is 0 Å². The summed E-state index contributed by atoms with van der Waals surface area (Å²) < 4.78 is 11.1. The van der Waals surface area contributed by atoms with Gasteiger partial charge in [-0.25, -0.2) is 4.79 Å². The Morgan fingerprint density at radius 3 is 2.03 bits per heavy atom. The van der Waals surface area contributed by atoms with Gasteiger partial charge < -0.3 is 14.6 Å². The molecule has 0 saturated heterocycles. The van der Waals surface area contributed by atoms with Crippen molar-refractivity contribution in [1.82, 2.24) is 0 Å². The van der Waals surface area contributed by atoms with Gasteiger partial charge in [0.15, 0.2) is 0 Å². The first-order valence-electron chi connectivity index (χ1n) is 9.76. The Morgan fingerprint density at radius 1 is 0.833 bits per heavy atom. The fourth-order valence-corrected chi connectivity index (χ4v) is 3.04. The minimum Gasteiger partial charge on any atom is -0.488 e. The molecule has 0 aliphatic heterocycles. The smallest absolute Gasteiger partial charge is 0.339 e. The molecule has 3 aromatic carbocycles. The second kappa shape index (κ2) is 10.3. The van der Waals surface area contributed by atoms with E-state index in [1.54, 1.807) is 25.1 Å². The first-order valence-corrected chi connectivity index (χ1v) is 9.76. The molecule has 0 fully saturated rings. The summed E-state index contributed by atoms with van der Waals surface area (Å²) in [4.78, 5) is 24.0. The Morgan fingerprint density at radius 2 is 1.43 bits per heavy atom. The van der Waals surface area contributed by atoms with Gasteiger partial charge in [-0.3, -0.25) is 4.79 Å². The maximum atomic E-state index is 12.3. The molecule has 154 valence electrons. The molecule has 0 amide bonds. The molecule has 0 heterocycles. The van der Waals surface area contributed by atoms with Gasteiger partial charge in [-0.2, -0.15) is 0 Å². The van der Waals surface area contributed by atoms with E-state index >= 15 is 0 Å². The number of carbonyl (C=O) groups is 2. The van der Waals surface area contributed by atoms with E-state index in [0.29, 0.717) is 12.2 Å². The van der Waals surface area contributed by atoms with Gasteiger partial charge in [0.1, 0.15) is 24.5 Å². The number of hydrogen-bond acceptors (Lipinski definition) is 4. The zero-order valence-electron chi connectivity index (χ0n) is 16.8. The Bertz CT molecular complexity index is 983. The zero-order chi connectivity index (χ0) is 21.3. The molecular formula is C25H24O5. The lowest BCUT2D eigenvalue weighted by atomic mass is 9.99. The SMILES string of the molecule is CC(Cc1ccc(OCc2ccccc2)c(C(=O)O)c1)C(=O)OCc1ccccc1. The normalized spacial score (nSPS) is 11.5. The van der Waals surface area contributed by atoms with E-state index in [1.807, 2.05) is 60.7 Å². The van der Waals surface area contributed by atoms with Crippen molar-refractivity contribution in [3.63, 3.8) is 0 Å². The minimum atomic E-state index is -1.07. The van der Waals surface area contributed by atoms with Gasteiger partial charge >= 0.3 is 11.9 Å². The number of benzene rings is 3. The maximum absolute atomic E-state index is 12.3. The van der Waals surface area contributed by atoms with Crippen LogP contribution in [0.25, 0.3) is 0 Å². The number of carbonyl (C=O) groups excluding carboxylic acids is 1. The molecule has 3 rings (SSSR count). The van der Waals surface area contributed by atoms with Crippen molar-refractivity contribution in [3.8, 4) is 5.75 Å². The van der Waals surface area contributed by atoms with Gasteiger partial charge in [0.05, 0.1) is 5.92 Å². The minimum absolute atomic E-state index is 0.0771. The molecule has 0 spiro atoms. The third-order valence-electron chi connectivity index (χ3n) is 4.68. The average Bonchev–Trinajstić information content (AvgIpc) is 2.77. The summed E-state index contributed by atoms with van der Waals surface area (Å²) in [7, 11) is 0. The second-order valence-corrected chi connectivity index (χ2v) is 7.11. The van der Waals surface area contributed by atoms with Crippen molar-refractivity contribution in [1.29, 1.82) is 0 Å². The predicted molar refractivity (Wildman–Crippen MR) is 113 cm³/mol. The molecule has 0 saturated carbocycles. The van der Waals surface area contributed by atoms with Crippen LogP contribution in [0, 0.1) is 5.92 Å². The third kappa shape index (κ3) is 5.95. The van der Waals surface area contributed by atoms with Gasteiger partial charge in [-0.15, -0.1) is 0 Å². The van der Waals surface area contributed by atoms with Crippen LogP contribution in [-0.4, -0.2) is 17.0 Å². The number of hydrogen-bond donors (Lipinski definition) is 1. The summed E-state index contributed by atoms with van der Waals surface area (Å²) >= 11 is 0. The summed E-state index contributed by atoms with van der Waals surface area (Å²) in [5.74, 6) is -1.49. The number of carboxylic acid groups (broad SMARTS) is 1. The van der Waals surface area contributed by atoms with Crippen LogP contribution in [0.5, 0.6) is 5.75 Å². The standard InChI is InChI=1S/C25H24O5/c1-18(25(28)30-17-20-10-6-3-7-11-20)14-21-12-13-23(22(15-21)24(26)27)29-16-19-8-4-2-5-9-19/h2-13,15,18H,14,16-17H2,1H3,(H,26,27). The third-order valence-corrected chi connectivity index (χ3v) is 4.68. The van der Waals surface area contributed by atoms with E-state index in [-0.39, 0.29) is 24.7 Å². The quantitative estimate of drug-likeness (QED) is 0.514. The molecule has 1 atom stereocenters. The lowest BCUT2D eigenvalue weighted by Gasteiger charge is -2.14. The summed E-state index contributed by atoms with van der Waals surface area (Å²) in [6.45, 7) is 2.27. The molecule has 5 nitrogen and oxygen atoms in total. The molecule has 0 aliphatic carbocycles. The molecule has 0 aliphatic rings. The van der Waals surface area contributed by atoms with Gasteiger partial charge in [-0.1, -0.05) is 73.7 Å². The molecule has 5 heteroatoms. The predicted octanol–water partition coefficient (Wildman–Crippen LogP) is 4.89. The van der Waals surface area contributed by atoms with Crippen molar-refractivity contribution in [3.05, 3.63) is 101 Å². The van der Waals surface area contributed by atoms with E-state index in [0.717, 1.165) is 16.7 Å². The van der Waals surface area contributed by atoms with E-state index in [9.17, 15) is 14.7 Å². The van der Waals surface area contributed by atoms with Crippen molar-refractivity contribution < 1.29 is 24.2 Å². The number of carboxylic acids is 1. The van der Waals surface area contributed by atoms with Crippen molar-refractivity contribution in [2.24, 2.45) is 5.92 Å². The van der Waals surface area contributed by atoms with Crippen LogP contribution in [0.2, 0.25) is 0 Å². The van der Waals surface area contributed by atoms with Gasteiger partial charge in [-0.05, 0) is 35.2 Å². The molecule has 30 heavy (non-hydrogen) atoms. The fourth-order valence-electron chi connectivity index (χ4n) is 3.04. The van der Waals surface area contributed by atoms with E-state index < -0.39 is 11.9 Å². The van der Waals surface area contributed by atoms with Crippen molar-refractivity contribution >= 4 is 11.9 Å². The van der Waals surface area contributed by atoms with Crippen molar-refractivity contribution in [2.45, 2.75) is 26.6 Å². The van der Waals surface area contributed by atoms with Gasteiger partial charge in [0, 0.05) is 0 Å². The molecule has 0 bridgehead atoms. The summed E-state index contributed by atoms with van der Waals surface area (Å²) in [5, 5.41) is 9.57. The molecular weight excluding hydrogens is 380 g/mol. The summed E-state index contributed by atoms with van der Waals surface area (Å²) in [6.07, 6.45) is 0.382.